The molecule has 0 spiro atoms. The first-order valence-electron chi connectivity index (χ1n) is 10.9. The molecule has 1 saturated carbocycles. The number of amides is 1. The molecule has 1 atom stereocenters. The number of rotatable bonds is 5. The van der Waals surface area contributed by atoms with Gasteiger partial charge in [0.25, 0.3) is 0 Å². The van der Waals surface area contributed by atoms with E-state index in [0.717, 1.165) is 56.8 Å². The van der Waals surface area contributed by atoms with Gasteiger partial charge in [0, 0.05) is 50.2 Å². The van der Waals surface area contributed by atoms with E-state index in [1.165, 1.54) is 31.4 Å². The Morgan fingerprint density at radius 1 is 1.04 bits per heavy atom. The van der Waals surface area contributed by atoms with Crippen molar-refractivity contribution in [2.45, 2.75) is 44.2 Å². The molecule has 2 saturated heterocycles. The highest BCUT2D eigenvalue weighted by molar-refractivity contribution is 7.99. The maximum atomic E-state index is 12.5. The van der Waals surface area contributed by atoms with E-state index in [4.69, 9.17) is 5.73 Å². The standard InChI is InChI=1S/C22H34N4OS/c23-21(22(27)26-14-15-28-17-26)16-18-6-8-20(9-7-18)25-12-10-24(11-13-25)19-4-2-1-3-5-19/h1-5,18,20-21H,6-17,23H2/t18?,20?,21-/m0/s1. The van der Waals surface area contributed by atoms with Crippen molar-refractivity contribution in [2.75, 3.05) is 49.3 Å². The van der Waals surface area contributed by atoms with Gasteiger partial charge in [0.05, 0.1) is 11.9 Å². The monoisotopic (exact) mass is 402 g/mol. The van der Waals surface area contributed by atoms with Crippen LogP contribution in [0.25, 0.3) is 0 Å². The smallest absolute Gasteiger partial charge is 0.240 e. The van der Waals surface area contributed by atoms with Gasteiger partial charge in [-0.25, -0.2) is 0 Å². The third-order valence-electron chi connectivity index (χ3n) is 6.74. The van der Waals surface area contributed by atoms with E-state index in [-0.39, 0.29) is 11.9 Å². The zero-order valence-corrected chi connectivity index (χ0v) is 17.7. The lowest BCUT2D eigenvalue weighted by Gasteiger charge is -2.43. The van der Waals surface area contributed by atoms with Crippen LogP contribution in [0.5, 0.6) is 0 Å². The van der Waals surface area contributed by atoms with Crippen molar-refractivity contribution in [3.8, 4) is 0 Å². The zero-order chi connectivity index (χ0) is 19.3. The third-order valence-corrected chi connectivity index (χ3v) is 7.70. The molecule has 1 amide bonds. The topological polar surface area (TPSA) is 52.8 Å². The van der Waals surface area contributed by atoms with Crippen LogP contribution < -0.4 is 10.6 Å². The number of nitrogens with zero attached hydrogens (tertiary/aromatic N) is 3. The molecule has 154 valence electrons. The van der Waals surface area contributed by atoms with Gasteiger partial charge in [0.2, 0.25) is 5.91 Å². The minimum absolute atomic E-state index is 0.171. The van der Waals surface area contributed by atoms with Gasteiger partial charge < -0.3 is 15.5 Å². The molecule has 2 heterocycles. The Kier molecular flexibility index (Phi) is 6.81. The minimum Gasteiger partial charge on any atom is -0.369 e. The first-order valence-corrected chi connectivity index (χ1v) is 12.0. The summed E-state index contributed by atoms with van der Waals surface area (Å²) in [5.74, 6) is 2.68. The second-order valence-electron chi connectivity index (χ2n) is 8.51. The van der Waals surface area contributed by atoms with E-state index in [0.29, 0.717) is 5.92 Å². The normalized spacial score (nSPS) is 27.8. The summed E-state index contributed by atoms with van der Waals surface area (Å²) >= 11 is 1.83. The first kappa shape index (κ1) is 20.0. The summed E-state index contributed by atoms with van der Waals surface area (Å²) in [5.41, 5.74) is 7.61. The van der Waals surface area contributed by atoms with Crippen LogP contribution in [-0.2, 0) is 4.79 Å². The van der Waals surface area contributed by atoms with E-state index in [9.17, 15) is 4.79 Å². The third kappa shape index (κ3) is 4.84. The molecule has 3 fully saturated rings. The Hall–Kier alpha value is -1.24. The largest absolute Gasteiger partial charge is 0.369 e. The number of thioether (sulfide) groups is 1. The van der Waals surface area contributed by atoms with Crippen molar-refractivity contribution >= 4 is 23.4 Å². The molecule has 0 radical (unpaired) electrons. The van der Waals surface area contributed by atoms with Crippen molar-refractivity contribution in [2.24, 2.45) is 11.7 Å². The van der Waals surface area contributed by atoms with Gasteiger partial charge in [0.15, 0.2) is 0 Å². The Balaban J connectivity index is 1.19. The molecule has 28 heavy (non-hydrogen) atoms. The van der Waals surface area contributed by atoms with Gasteiger partial charge in [-0.05, 0) is 50.2 Å². The zero-order valence-electron chi connectivity index (χ0n) is 16.8. The molecule has 3 aliphatic rings. The Bertz CT molecular complexity index is 621. The molecule has 0 unspecified atom stereocenters. The van der Waals surface area contributed by atoms with Crippen LogP contribution in [-0.4, -0.2) is 72.1 Å². The fraction of sp³-hybridized carbons (Fsp3) is 0.682. The van der Waals surface area contributed by atoms with Crippen LogP contribution in [0.2, 0.25) is 0 Å². The molecule has 4 rings (SSSR count). The second kappa shape index (κ2) is 9.51. The number of para-hydroxylation sites is 1. The number of carbonyl (C=O) groups is 1. The summed E-state index contributed by atoms with van der Waals surface area (Å²) < 4.78 is 0. The quantitative estimate of drug-likeness (QED) is 0.821. The van der Waals surface area contributed by atoms with Gasteiger partial charge in [-0.15, -0.1) is 11.8 Å². The number of benzene rings is 1. The molecule has 1 aromatic carbocycles. The highest BCUT2D eigenvalue weighted by Gasteiger charge is 2.31. The van der Waals surface area contributed by atoms with Crippen molar-refractivity contribution in [1.82, 2.24) is 9.80 Å². The first-order chi connectivity index (χ1) is 13.7. The summed E-state index contributed by atoms with van der Waals surface area (Å²) in [6.07, 6.45) is 5.83. The highest BCUT2D eigenvalue weighted by Crippen LogP contribution is 2.31. The van der Waals surface area contributed by atoms with Gasteiger partial charge >= 0.3 is 0 Å². The van der Waals surface area contributed by atoms with E-state index in [1.54, 1.807) is 0 Å². The van der Waals surface area contributed by atoms with Crippen LogP contribution in [0.1, 0.15) is 32.1 Å². The molecule has 5 nitrogen and oxygen atoms in total. The summed E-state index contributed by atoms with van der Waals surface area (Å²) in [7, 11) is 0. The SMILES string of the molecule is N[C@@H](CC1CCC(N2CCN(c3ccccc3)CC2)CC1)C(=O)N1CCSC1. The minimum atomic E-state index is -0.297. The highest BCUT2D eigenvalue weighted by atomic mass is 32.2. The van der Waals surface area contributed by atoms with Gasteiger partial charge in [-0.2, -0.15) is 0 Å². The predicted molar refractivity (Wildman–Crippen MR) is 118 cm³/mol. The van der Waals surface area contributed by atoms with Crippen molar-refractivity contribution in [3.63, 3.8) is 0 Å². The van der Waals surface area contributed by atoms with Gasteiger partial charge in [-0.1, -0.05) is 18.2 Å². The van der Waals surface area contributed by atoms with Crippen LogP contribution in [0.4, 0.5) is 5.69 Å². The maximum absolute atomic E-state index is 12.5. The summed E-state index contributed by atoms with van der Waals surface area (Å²) in [5, 5.41) is 0. The fourth-order valence-electron chi connectivity index (χ4n) is 5.01. The second-order valence-corrected chi connectivity index (χ2v) is 9.59. The molecular weight excluding hydrogens is 368 g/mol. The number of nitrogens with two attached hydrogens (primary N) is 1. The van der Waals surface area contributed by atoms with E-state index in [1.807, 2.05) is 16.7 Å². The summed E-state index contributed by atoms with van der Waals surface area (Å²) in [6.45, 7) is 5.44. The Morgan fingerprint density at radius 3 is 2.39 bits per heavy atom. The average molecular weight is 403 g/mol. The molecule has 2 aliphatic heterocycles. The summed E-state index contributed by atoms with van der Waals surface area (Å²) in [6, 6.07) is 11.2. The predicted octanol–water partition coefficient (Wildman–Crippen LogP) is 2.62. The molecule has 6 heteroatoms. The number of hydrogen-bond acceptors (Lipinski definition) is 5. The molecule has 0 aromatic heterocycles. The van der Waals surface area contributed by atoms with Crippen molar-refractivity contribution < 1.29 is 4.79 Å². The molecule has 1 aliphatic carbocycles. The summed E-state index contributed by atoms with van der Waals surface area (Å²) in [4.78, 5) is 19.6. The van der Waals surface area contributed by atoms with Crippen LogP contribution in [0.15, 0.2) is 30.3 Å². The Morgan fingerprint density at radius 2 is 1.75 bits per heavy atom. The van der Waals surface area contributed by atoms with E-state index in [2.05, 4.69) is 40.1 Å². The maximum Gasteiger partial charge on any atom is 0.240 e. The number of piperazine rings is 1. The number of carbonyl (C=O) groups excluding carboxylic acids is 1. The van der Waals surface area contributed by atoms with Crippen LogP contribution in [0.3, 0.4) is 0 Å². The van der Waals surface area contributed by atoms with Crippen LogP contribution >= 0.6 is 11.8 Å². The lowest BCUT2D eigenvalue weighted by Crippen LogP contribution is -2.51. The average Bonchev–Trinajstić information content (AvgIpc) is 3.29. The molecule has 2 N–H and O–H groups in total. The Labute approximate surface area is 173 Å². The lowest BCUT2D eigenvalue weighted by atomic mass is 9.81. The van der Waals surface area contributed by atoms with Gasteiger partial charge in [0.1, 0.15) is 0 Å². The lowest BCUT2D eigenvalue weighted by molar-refractivity contribution is -0.131. The fourth-order valence-corrected chi connectivity index (χ4v) is 5.97. The van der Waals surface area contributed by atoms with Gasteiger partial charge in [-0.3, -0.25) is 9.69 Å². The molecule has 1 aromatic rings. The number of hydrogen-bond donors (Lipinski definition) is 1. The van der Waals surface area contributed by atoms with E-state index < -0.39 is 0 Å². The van der Waals surface area contributed by atoms with Crippen molar-refractivity contribution in [1.29, 1.82) is 0 Å². The molecule has 0 bridgehead atoms. The molecular formula is C22H34N4OS. The van der Waals surface area contributed by atoms with E-state index >= 15 is 0 Å². The number of anilines is 1. The van der Waals surface area contributed by atoms with Crippen molar-refractivity contribution in [3.05, 3.63) is 30.3 Å². The van der Waals surface area contributed by atoms with Crippen LogP contribution in [0, 0.1) is 5.92 Å².